The van der Waals surface area contributed by atoms with Crippen molar-refractivity contribution in [3.63, 3.8) is 0 Å². The molecule has 0 aromatic heterocycles. The second-order valence-corrected chi connectivity index (χ2v) is 8.20. The molecule has 0 radical (unpaired) electrons. The molecule has 0 heterocycles. The minimum Gasteiger partial charge on any atom is -0.459 e. The molecule has 128 valence electrons. The number of nitrogens with zero attached hydrogens (tertiary/aromatic N) is 1. The number of halogens is 2. The van der Waals surface area contributed by atoms with E-state index in [9.17, 15) is 13.2 Å². The Labute approximate surface area is 154 Å². The molecule has 24 heavy (non-hydrogen) atoms. The highest BCUT2D eigenvalue weighted by molar-refractivity contribution is 9.10. The Kier molecular flexibility index (Phi) is 6.26. The Balaban J connectivity index is 2.10. The fraction of sp³-hybridized carbons (Fsp3) is 0.188. The molecule has 0 aliphatic heterocycles. The van der Waals surface area contributed by atoms with Gasteiger partial charge in [0.25, 0.3) is 0 Å². The van der Waals surface area contributed by atoms with E-state index in [0.717, 1.165) is 20.6 Å². The summed E-state index contributed by atoms with van der Waals surface area (Å²) in [5, 5.41) is 0.378. The Morgan fingerprint density at radius 3 is 2.54 bits per heavy atom. The summed E-state index contributed by atoms with van der Waals surface area (Å²) in [5.41, 5.74) is 1.10. The average Bonchev–Trinajstić information content (AvgIpc) is 2.50. The molecule has 0 fully saturated rings. The van der Waals surface area contributed by atoms with Crippen LogP contribution >= 0.6 is 27.5 Å². The third kappa shape index (κ3) is 5.22. The standard InChI is InChI=1S/C16H15BrClNO4S/c1-24(21,22)19(14-7-4-6-13(18)9-14)10-16(20)23-11-12-5-2-3-8-15(12)17/h2-9H,10-11H2,1H3. The lowest BCUT2D eigenvalue weighted by molar-refractivity contribution is -0.143. The third-order valence-electron chi connectivity index (χ3n) is 3.12. The number of carbonyl (C=O) groups is 1. The summed E-state index contributed by atoms with van der Waals surface area (Å²) >= 11 is 9.25. The van der Waals surface area contributed by atoms with Gasteiger partial charge >= 0.3 is 5.97 Å². The maximum atomic E-state index is 12.1. The van der Waals surface area contributed by atoms with Crippen LogP contribution in [0.4, 0.5) is 5.69 Å². The van der Waals surface area contributed by atoms with Crippen LogP contribution in [-0.4, -0.2) is 27.2 Å². The zero-order valence-electron chi connectivity index (χ0n) is 12.8. The first-order chi connectivity index (χ1) is 11.3. The highest BCUT2D eigenvalue weighted by Gasteiger charge is 2.22. The third-order valence-corrected chi connectivity index (χ3v) is 5.27. The molecule has 0 aliphatic carbocycles. The van der Waals surface area contributed by atoms with E-state index >= 15 is 0 Å². The Hall–Kier alpha value is -1.57. The van der Waals surface area contributed by atoms with Crippen molar-refractivity contribution in [1.82, 2.24) is 0 Å². The molecule has 0 N–H and O–H groups in total. The Morgan fingerprint density at radius 1 is 1.21 bits per heavy atom. The van der Waals surface area contributed by atoms with E-state index in [0.29, 0.717) is 10.7 Å². The summed E-state index contributed by atoms with van der Waals surface area (Å²) in [4.78, 5) is 12.1. The van der Waals surface area contributed by atoms with Crippen molar-refractivity contribution in [3.8, 4) is 0 Å². The summed E-state index contributed by atoms with van der Waals surface area (Å²) in [6.07, 6.45) is 1.02. The number of sulfonamides is 1. The first kappa shape index (κ1) is 18.8. The molecule has 2 aromatic carbocycles. The van der Waals surface area contributed by atoms with Crippen LogP contribution in [-0.2, 0) is 26.2 Å². The number of esters is 1. The van der Waals surface area contributed by atoms with Crippen LogP contribution in [0.2, 0.25) is 5.02 Å². The molecule has 0 saturated carbocycles. The van der Waals surface area contributed by atoms with Gasteiger partial charge in [0, 0.05) is 15.1 Å². The van der Waals surface area contributed by atoms with Gasteiger partial charge in [0.1, 0.15) is 13.2 Å². The fourth-order valence-electron chi connectivity index (χ4n) is 1.97. The lowest BCUT2D eigenvalue weighted by Crippen LogP contribution is -2.35. The minimum atomic E-state index is -3.66. The number of hydrogen-bond acceptors (Lipinski definition) is 4. The number of carbonyl (C=O) groups excluding carboxylic acids is 1. The van der Waals surface area contributed by atoms with Crippen LogP contribution in [0.5, 0.6) is 0 Å². The molecule has 0 aliphatic rings. The van der Waals surface area contributed by atoms with E-state index in [4.69, 9.17) is 16.3 Å². The van der Waals surface area contributed by atoms with Gasteiger partial charge in [-0.2, -0.15) is 0 Å². The van der Waals surface area contributed by atoms with Crippen LogP contribution < -0.4 is 4.31 Å². The van der Waals surface area contributed by atoms with E-state index in [2.05, 4.69) is 15.9 Å². The number of ether oxygens (including phenoxy) is 1. The Morgan fingerprint density at radius 2 is 1.92 bits per heavy atom. The van der Waals surface area contributed by atoms with Crippen molar-refractivity contribution in [1.29, 1.82) is 0 Å². The topological polar surface area (TPSA) is 63.7 Å². The average molecular weight is 433 g/mol. The van der Waals surface area contributed by atoms with Crippen LogP contribution in [0.25, 0.3) is 0 Å². The predicted octanol–water partition coefficient (Wildman–Crippen LogP) is 3.61. The lowest BCUT2D eigenvalue weighted by atomic mass is 10.2. The predicted molar refractivity (Wildman–Crippen MR) is 97.6 cm³/mol. The molecule has 2 aromatic rings. The number of anilines is 1. The molecule has 0 atom stereocenters. The molecule has 8 heteroatoms. The fourth-order valence-corrected chi connectivity index (χ4v) is 3.39. The first-order valence-electron chi connectivity index (χ1n) is 6.89. The maximum absolute atomic E-state index is 12.1. The van der Waals surface area contributed by atoms with Gasteiger partial charge in [-0.05, 0) is 24.3 Å². The van der Waals surface area contributed by atoms with Gasteiger partial charge < -0.3 is 4.74 Å². The summed E-state index contributed by atoms with van der Waals surface area (Å²) in [6.45, 7) is -0.378. The molecule has 5 nitrogen and oxygen atoms in total. The molecule has 0 unspecified atom stereocenters. The molecule has 0 amide bonds. The summed E-state index contributed by atoms with van der Waals surface area (Å²) in [5.74, 6) is -0.656. The van der Waals surface area contributed by atoms with Crippen LogP contribution in [0.1, 0.15) is 5.56 Å². The number of rotatable bonds is 6. The van der Waals surface area contributed by atoms with Gasteiger partial charge in [-0.25, -0.2) is 8.42 Å². The van der Waals surface area contributed by atoms with Crippen molar-refractivity contribution in [2.24, 2.45) is 0 Å². The normalized spacial score (nSPS) is 11.1. The number of hydrogen-bond donors (Lipinski definition) is 0. The van der Waals surface area contributed by atoms with Crippen molar-refractivity contribution < 1.29 is 17.9 Å². The van der Waals surface area contributed by atoms with Crippen molar-refractivity contribution in [3.05, 3.63) is 63.6 Å². The molecule has 0 spiro atoms. The molecule has 0 saturated heterocycles. The van der Waals surface area contributed by atoms with E-state index < -0.39 is 22.5 Å². The largest absolute Gasteiger partial charge is 0.459 e. The monoisotopic (exact) mass is 431 g/mol. The molecule has 2 rings (SSSR count). The Bertz CT molecular complexity index is 841. The van der Waals surface area contributed by atoms with Gasteiger partial charge in [-0.3, -0.25) is 9.10 Å². The number of benzene rings is 2. The van der Waals surface area contributed by atoms with Crippen LogP contribution in [0.15, 0.2) is 53.0 Å². The zero-order valence-corrected chi connectivity index (χ0v) is 15.9. The molecular formula is C16H15BrClNO4S. The summed E-state index contributed by atoms with van der Waals surface area (Å²) in [6, 6.07) is 13.6. The second kappa shape index (κ2) is 8.00. The lowest BCUT2D eigenvalue weighted by Gasteiger charge is -2.21. The van der Waals surface area contributed by atoms with E-state index in [-0.39, 0.29) is 6.61 Å². The maximum Gasteiger partial charge on any atom is 0.327 e. The van der Waals surface area contributed by atoms with Gasteiger partial charge in [0.05, 0.1) is 11.9 Å². The van der Waals surface area contributed by atoms with Crippen molar-refractivity contribution in [2.75, 3.05) is 17.1 Å². The minimum absolute atomic E-state index is 0.0490. The van der Waals surface area contributed by atoms with Gasteiger partial charge in [-0.1, -0.05) is 51.8 Å². The van der Waals surface area contributed by atoms with E-state index in [1.54, 1.807) is 18.2 Å². The quantitative estimate of drug-likeness (QED) is 0.654. The van der Waals surface area contributed by atoms with Crippen LogP contribution in [0.3, 0.4) is 0 Å². The van der Waals surface area contributed by atoms with Gasteiger partial charge in [0.2, 0.25) is 10.0 Å². The summed E-state index contributed by atoms with van der Waals surface area (Å²) < 4.78 is 30.9. The highest BCUT2D eigenvalue weighted by atomic mass is 79.9. The van der Waals surface area contributed by atoms with Crippen molar-refractivity contribution in [2.45, 2.75) is 6.61 Å². The molecular weight excluding hydrogens is 418 g/mol. The van der Waals surface area contributed by atoms with Gasteiger partial charge in [0.15, 0.2) is 0 Å². The highest BCUT2D eigenvalue weighted by Crippen LogP contribution is 2.22. The second-order valence-electron chi connectivity index (χ2n) is 5.00. The van der Waals surface area contributed by atoms with Crippen molar-refractivity contribution >= 4 is 49.2 Å². The van der Waals surface area contributed by atoms with E-state index in [1.165, 1.54) is 6.07 Å². The summed E-state index contributed by atoms with van der Waals surface area (Å²) in [7, 11) is -3.66. The zero-order chi connectivity index (χ0) is 17.7. The smallest absolute Gasteiger partial charge is 0.327 e. The van der Waals surface area contributed by atoms with E-state index in [1.807, 2.05) is 24.3 Å². The van der Waals surface area contributed by atoms with Crippen LogP contribution in [0, 0.1) is 0 Å². The SMILES string of the molecule is CS(=O)(=O)N(CC(=O)OCc1ccccc1Br)c1cccc(Cl)c1. The first-order valence-corrected chi connectivity index (χ1v) is 9.91. The molecule has 0 bridgehead atoms. The van der Waals surface area contributed by atoms with Gasteiger partial charge in [-0.15, -0.1) is 0 Å².